The van der Waals surface area contributed by atoms with Gasteiger partial charge in [-0.3, -0.25) is 4.79 Å². The lowest BCUT2D eigenvalue weighted by Gasteiger charge is -2.13. The van der Waals surface area contributed by atoms with Gasteiger partial charge in [-0.05, 0) is 30.5 Å². The Bertz CT molecular complexity index is 403. The molecule has 0 aliphatic heterocycles. The smallest absolute Gasteiger partial charge is 0.320 e. The van der Waals surface area contributed by atoms with Crippen LogP contribution < -0.4 is 10.5 Å². The van der Waals surface area contributed by atoms with Gasteiger partial charge in [0.05, 0.1) is 19.8 Å². The number of rotatable bonds is 9. The summed E-state index contributed by atoms with van der Waals surface area (Å²) in [6, 6.07) is 6.38. The largest absolute Gasteiger partial charge is 0.493 e. The molecule has 112 valence electrons. The van der Waals surface area contributed by atoms with Crippen LogP contribution in [0.15, 0.2) is 24.3 Å². The molecule has 1 rings (SSSR count). The number of carbonyl (C=O) groups is 1. The minimum absolute atomic E-state index is 0.123. The molecule has 1 aromatic carbocycles. The van der Waals surface area contributed by atoms with Gasteiger partial charge in [-0.2, -0.15) is 0 Å². The lowest BCUT2D eigenvalue weighted by Crippen LogP contribution is -2.30. The molecule has 0 bridgehead atoms. The summed E-state index contributed by atoms with van der Waals surface area (Å²) in [6.07, 6.45) is 0.969. The molecule has 20 heavy (non-hydrogen) atoms. The molecule has 0 aliphatic rings. The van der Waals surface area contributed by atoms with Gasteiger partial charge in [-0.25, -0.2) is 0 Å². The summed E-state index contributed by atoms with van der Waals surface area (Å²) in [5, 5.41) is 26.5. The average molecular weight is 283 g/mol. The SMILES string of the molecule is NC(CCc1ccc(OCC(CO)CO)cc1)C(=O)O. The Morgan fingerprint density at radius 1 is 1.20 bits per heavy atom. The maximum absolute atomic E-state index is 10.6. The molecule has 0 heterocycles. The maximum Gasteiger partial charge on any atom is 0.320 e. The highest BCUT2D eigenvalue weighted by molar-refractivity contribution is 5.73. The molecule has 0 saturated carbocycles. The molecule has 5 N–H and O–H groups in total. The molecule has 1 aromatic rings. The Kier molecular flexibility index (Phi) is 7.00. The molecular weight excluding hydrogens is 262 g/mol. The summed E-state index contributed by atoms with van der Waals surface area (Å²) >= 11 is 0. The van der Waals surface area contributed by atoms with Crippen molar-refractivity contribution in [3.63, 3.8) is 0 Å². The van der Waals surface area contributed by atoms with E-state index >= 15 is 0 Å². The van der Waals surface area contributed by atoms with E-state index in [0.717, 1.165) is 5.56 Å². The average Bonchev–Trinajstić information content (AvgIpc) is 2.46. The van der Waals surface area contributed by atoms with Crippen LogP contribution >= 0.6 is 0 Å². The van der Waals surface area contributed by atoms with Crippen LogP contribution in [0.4, 0.5) is 0 Å². The van der Waals surface area contributed by atoms with E-state index in [-0.39, 0.29) is 25.7 Å². The summed E-state index contributed by atoms with van der Waals surface area (Å²) in [5.41, 5.74) is 6.42. The van der Waals surface area contributed by atoms with E-state index in [4.69, 9.17) is 25.8 Å². The number of hydrogen-bond acceptors (Lipinski definition) is 5. The highest BCUT2D eigenvalue weighted by Gasteiger charge is 2.11. The van der Waals surface area contributed by atoms with Crippen LogP contribution in [0.3, 0.4) is 0 Å². The fraction of sp³-hybridized carbons (Fsp3) is 0.500. The van der Waals surface area contributed by atoms with Crippen LogP contribution in [-0.4, -0.2) is 47.2 Å². The standard InChI is InChI=1S/C14H21NO5/c15-13(14(18)19)6-3-10-1-4-12(5-2-10)20-9-11(7-16)8-17/h1-2,4-5,11,13,16-17H,3,6-9,15H2,(H,18,19). The second-order valence-corrected chi connectivity index (χ2v) is 4.67. The van der Waals surface area contributed by atoms with Crippen molar-refractivity contribution in [3.8, 4) is 5.75 Å². The molecule has 0 amide bonds. The Morgan fingerprint density at radius 3 is 2.30 bits per heavy atom. The number of aliphatic hydroxyl groups excluding tert-OH is 2. The minimum atomic E-state index is -0.996. The van der Waals surface area contributed by atoms with E-state index in [2.05, 4.69) is 0 Å². The van der Waals surface area contributed by atoms with Gasteiger partial charge in [-0.1, -0.05) is 12.1 Å². The Hall–Kier alpha value is -1.63. The molecule has 0 spiro atoms. The summed E-state index contributed by atoms with van der Waals surface area (Å²) < 4.78 is 5.43. The third-order valence-corrected chi connectivity index (χ3v) is 2.99. The third-order valence-electron chi connectivity index (χ3n) is 2.99. The van der Waals surface area contributed by atoms with Crippen molar-refractivity contribution in [1.82, 2.24) is 0 Å². The van der Waals surface area contributed by atoms with Crippen molar-refractivity contribution in [2.24, 2.45) is 11.7 Å². The topological polar surface area (TPSA) is 113 Å². The van der Waals surface area contributed by atoms with Gasteiger partial charge in [0.1, 0.15) is 11.8 Å². The summed E-state index contributed by atoms with van der Waals surface area (Å²) in [5.74, 6) is -0.643. The zero-order chi connectivity index (χ0) is 15.0. The van der Waals surface area contributed by atoms with Crippen molar-refractivity contribution >= 4 is 5.97 Å². The second-order valence-electron chi connectivity index (χ2n) is 4.67. The first kappa shape index (κ1) is 16.4. The summed E-state index contributed by atoms with van der Waals surface area (Å²) in [4.78, 5) is 10.6. The van der Waals surface area contributed by atoms with Gasteiger partial charge < -0.3 is 25.8 Å². The number of carboxylic acid groups (broad SMARTS) is 1. The van der Waals surface area contributed by atoms with E-state index in [1.807, 2.05) is 12.1 Å². The van der Waals surface area contributed by atoms with Crippen LogP contribution in [0.1, 0.15) is 12.0 Å². The Morgan fingerprint density at radius 2 is 1.80 bits per heavy atom. The Labute approximate surface area is 117 Å². The van der Waals surface area contributed by atoms with Crippen LogP contribution in [0.5, 0.6) is 5.75 Å². The number of carboxylic acids is 1. The highest BCUT2D eigenvalue weighted by atomic mass is 16.5. The molecule has 6 heteroatoms. The third kappa shape index (κ3) is 5.56. The molecule has 1 unspecified atom stereocenters. The van der Waals surface area contributed by atoms with Crippen molar-refractivity contribution in [3.05, 3.63) is 29.8 Å². The minimum Gasteiger partial charge on any atom is -0.493 e. The number of benzene rings is 1. The first-order valence-corrected chi connectivity index (χ1v) is 6.48. The number of aryl methyl sites for hydroxylation is 1. The summed E-state index contributed by atoms with van der Waals surface area (Å²) in [6.45, 7) is -0.000441. The number of aliphatic hydroxyl groups is 2. The zero-order valence-corrected chi connectivity index (χ0v) is 11.2. The van der Waals surface area contributed by atoms with Crippen molar-refractivity contribution in [1.29, 1.82) is 0 Å². The lowest BCUT2D eigenvalue weighted by molar-refractivity contribution is -0.138. The van der Waals surface area contributed by atoms with Gasteiger partial charge >= 0.3 is 5.97 Å². The molecule has 0 saturated heterocycles. The normalized spacial score (nSPS) is 12.4. The molecular formula is C14H21NO5. The second kappa shape index (κ2) is 8.52. The van der Waals surface area contributed by atoms with Crippen molar-refractivity contribution in [2.45, 2.75) is 18.9 Å². The van der Waals surface area contributed by atoms with E-state index in [9.17, 15) is 4.79 Å². The number of hydrogen-bond donors (Lipinski definition) is 4. The van der Waals surface area contributed by atoms with Gasteiger partial charge in [0.15, 0.2) is 0 Å². The van der Waals surface area contributed by atoms with Gasteiger partial charge in [0.2, 0.25) is 0 Å². The first-order valence-electron chi connectivity index (χ1n) is 6.48. The van der Waals surface area contributed by atoms with Crippen LogP contribution in [0.25, 0.3) is 0 Å². The quantitative estimate of drug-likeness (QED) is 0.508. The van der Waals surface area contributed by atoms with E-state index < -0.39 is 12.0 Å². The first-order chi connectivity index (χ1) is 9.56. The number of ether oxygens (including phenoxy) is 1. The van der Waals surface area contributed by atoms with Gasteiger partial charge in [0, 0.05) is 5.92 Å². The Balaban J connectivity index is 2.42. The van der Waals surface area contributed by atoms with Gasteiger partial charge in [-0.15, -0.1) is 0 Å². The van der Waals surface area contributed by atoms with E-state index in [0.29, 0.717) is 18.6 Å². The fourth-order valence-corrected chi connectivity index (χ4v) is 1.58. The highest BCUT2D eigenvalue weighted by Crippen LogP contribution is 2.14. The molecule has 0 fully saturated rings. The predicted molar refractivity (Wildman–Crippen MR) is 73.5 cm³/mol. The number of aliphatic carboxylic acids is 1. The lowest BCUT2D eigenvalue weighted by atomic mass is 10.1. The van der Waals surface area contributed by atoms with Crippen molar-refractivity contribution < 1.29 is 24.9 Å². The molecule has 0 radical (unpaired) electrons. The monoisotopic (exact) mass is 283 g/mol. The molecule has 0 aliphatic carbocycles. The predicted octanol–water partition coefficient (Wildman–Crippen LogP) is 0.0107. The van der Waals surface area contributed by atoms with E-state index in [1.54, 1.807) is 12.1 Å². The van der Waals surface area contributed by atoms with E-state index in [1.165, 1.54) is 0 Å². The zero-order valence-electron chi connectivity index (χ0n) is 11.2. The molecule has 6 nitrogen and oxygen atoms in total. The van der Waals surface area contributed by atoms with Gasteiger partial charge in [0.25, 0.3) is 0 Å². The van der Waals surface area contributed by atoms with Crippen LogP contribution in [0.2, 0.25) is 0 Å². The van der Waals surface area contributed by atoms with Crippen LogP contribution in [0, 0.1) is 5.92 Å². The maximum atomic E-state index is 10.6. The fourth-order valence-electron chi connectivity index (χ4n) is 1.58. The number of nitrogens with two attached hydrogens (primary N) is 1. The van der Waals surface area contributed by atoms with Crippen molar-refractivity contribution in [2.75, 3.05) is 19.8 Å². The molecule has 1 atom stereocenters. The van der Waals surface area contributed by atoms with Crippen LogP contribution in [-0.2, 0) is 11.2 Å². The molecule has 0 aromatic heterocycles. The summed E-state index contributed by atoms with van der Waals surface area (Å²) in [7, 11) is 0.